The van der Waals surface area contributed by atoms with E-state index < -0.39 is 10.0 Å². The highest BCUT2D eigenvalue weighted by molar-refractivity contribution is 7.89. The first-order valence-corrected chi connectivity index (χ1v) is 12.9. The van der Waals surface area contributed by atoms with Crippen molar-refractivity contribution < 1.29 is 17.6 Å². The second kappa shape index (κ2) is 8.80. The molecule has 7 heteroatoms. The van der Waals surface area contributed by atoms with E-state index in [0.717, 1.165) is 36.3 Å². The van der Waals surface area contributed by atoms with Crippen molar-refractivity contribution >= 4 is 15.9 Å². The number of amides is 1. The molecular weight excluding hydrogens is 436 g/mol. The lowest BCUT2D eigenvalue weighted by molar-refractivity contribution is 0.0716. The SMILES string of the molecule is CC1CC1c1ccc(CN(C(=O)c2cccc(S(=O)(=O)NCc3ccccc3)c2)C2CC2)o1. The summed E-state index contributed by atoms with van der Waals surface area (Å²) in [6.07, 6.45) is 3.06. The molecule has 5 rings (SSSR count). The minimum absolute atomic E-state index is 0.0861. The van der Waals surface area contributed by atoms with Gasteiger partial charge < -0.3 is 9.32 Å². The average Bonchev–Trinajstić information content (AvgIpc) is 3.76. The molecule has 2 unspecified atom stereocenters. The molecule has 0 radical (unpaired) electrons. The normalized spacial score (nSPS) is 19.9. The Balaban J connectivity index is 1.31. The Morgan fingerprint density at radius 2 is 1.82 bits per heavy atom. The lowest BCUT2D eigenvalue weighted by atomic mass is 10.2. The summed E-state index contributed by atoms with van der Waals surface area (Å²) in [6, 6.07) is 19.7. The topological polar surface area (TPSA) is 79.6 Å². The molecule has 1 N–H and O–H groups in total. The highest BCUT2D eigenvalue weighted by Gasteiger charge is 2.38. The Bertz CT molecular complexity index is 1250. The number of sulfonamides is 1. The van der Waals surface area contributed by atoms with Gasteiger partial charge in [0.2, 0.25) is 10.0 Å². The van der Waals surface area contributed by atoms with E-state index in [1.54, 1.807) is 12.1 Å². The van der Waals surface area contributed by atoms with Crippen LogP contribution in [0.1, 0.15) is 59.5 Å². The van der Waals surface area contributed by atoms with Crippen LogP contribution in [0.15, 0.2) is 76.0 Å². The van der Waals surface area contributed by atoms with Gasteiger partial charge in [0.1, 0.15) is 11.5 Å². The predicted octanol–water partition coefficient (Wildman–Crippen LogP) is 4.69. The second-order valence-corrected chi connectivity index (χ2v) is 10.9. The number of nitrogens with zero attached hydrogens (tertiary/aromatic N) is 1. The van der Waals surface area contributed by atoms with Gasteiger partial charge in [0, 0.05) is 24.1 Å². The van der Waals surface area contributed by atoms with Gasteiger partial charge in [-0.25, -0.2) is 13.1 Å². The van der Waals surface area contributed by atoms with Gasteiger partial charge in [-0.1, -0.05) is 43.3 Å². The summed E-state index contributed by atoms with van der Waals surface area (Å²) in [7, 11) is -3.75. The first kappa shape index (κ1) is 21.9. The molecule has 2 atom stereocenters. The molecule has 0 bridgehead atoms. The maximum Gasteiger partial charge on any atom is 0.254 e. The third-order valence-corrected chi connectivity index (χ3v) is 7.83. The van der Waals surface area contributed by atoms with Gasteiger partial charge in [-0.05, 0) is 61.1 Å². The molecule has 2 aliphatic carbocycles. The fraction of sp³-hybridized carbons (Fsp3) is 0.346. The van der Waals surface area contributed by atoms with Gasteiger partial charge >= 0.3 is 0 Å². The van der Waals surface area contributed by atoms with E-state index in [4.69, 9.17) is 4.42 Å². The van der Waals surface area contributed by atoms with Crippen molar-refractivity contribution in [3.8, 4) is 0 Å². The fourth-order valence-corrected chi connectivity index (χ4v) is 5.20. The molecule has 0 aliphatic heterocycles. The van der Waals surface area contributed by atoms with Crippen molar-refractivity contribution in [2.24, 2.45) is 5.92 Å². The number of nitrogens with one attached hydrogen (secondary N) is 1. The van der Waals surface area contributed by atoms with E-state index in [1.165, 1.54) is 12.1 Å². The average molecular weight is 465 g/mol. The molecule has 2 aliphatic rings. The van der Waals surface area contributed by atoms with Crippen molar-refractivity contribution in [1.82, 2.24) is 9.62 Å². The van der Waals surface area contributed by atoms with Gasteiger partial charge in [-0.2, -0.15) is 0 Å². The summed E-state index contributed by atoms with van der Waals surface area (Å²) in [6.45, 7) is 2.80. The summed E-state index contributed by atoms with van der Waals surface area (Å²) in [5.41, 5.74) is 1.23. The van der Waals surface area contributed by atoms with Gasteiger partial charge in [0.05, 0.1) is 11.4 Å². The lowest BCUT2D eigenvalue weighted by Gasteiger charge is -2.21. The predicted molar refractivity (Wildman–Crippen MR) is 125 cm³/mol. The molecule has 1 heterocycles. The molecule has 2 saturated carbocycles. The molecule has 2 fully saturated rings. The minimum atomic E-state index is -3.75. The van der Waals surface area contributed by atoms with Crippen LogP contribution in [-0.2, 0) is 23.1 Å². The largest absolute Gasteiger partial charge is 0.464 e. The Kier molecular flexibility index (Phi) is 5.85. The van der Waals surface area contributed by atoms with Crippen molar-refractivity contribution in [3.05, 3.63) is 89.4 Å². The molecule has 172 valence electrons. The van der Waals surface area contributed by atoms with Gasteiger partial charge in [-0.3, -0.25) is 4.79 Å². The number of rotatable bonds is 9. The zero-order valence-corrected chi connectivity index (χ0v) is 19.4. The van der Waals surface area contributed by atoms with Gasteiger partial charge in [0.15, 0.2) is 0 Å². The number of hydrogen-bond donors (Lipinski definition) is 1. The van der Waals surface area contributed by atoms with E-state index in [1.807, 2.05) is 47.4 Å². The van der Waals surface area contributed by atoms with E-state index in [9.17, 15) is 13.2 Å². The Labute approximate surface area is 194 Å². The maximum absolute atomic E-state index is 13.4. The lowest BCUT2D eigenvalue weighted by Crippen LogP contribution is -2.32. The van der Waals surface area contributed by atoms with Crippen molar-refractivity contribution in [2.45, 2.75) is 56.1 Å². The molecule has 0 spiro atoms. The first-order chi connectivity index (χ1) is 15.9. The number of carbonyl (C=O) groups is 1. The summed E-state index contributed by atoms with van der Waals surface area (Å²) in [4.78, 5) is 15.3. The zero-order chi connectivity index (χ0) is 23.0. The molecule has 33 heavy (non-hydrogen) atoms. The molecule has 1 amide bonds. The van der Waals surface area contributed by atoms with Crippen molar-refractivity contribution in [2.75, 3.05) is 0 Å². The van der Waals surface area contributed by atoms with E-state index in [-0.39, 0.29) is 23.4 Å². The van der Waals surface area contributed by atoms with Crippen molar-refractivity contribution in [1.29, 1.82) is 0 Å². The van der Waals surface area contributed by atoms with Gasteiger partial charge in [0.25, 0.3) is 5.91 Å². The summed E-state index contributed by atoms with van der Waals surface area (Å²) in [5.74, 6) is 2.76. The van der Waals surface area contributed by atoms with Crippen molar-refractivity contribution in [3.63, 3.8) is 0 Å². The first-order valence-electron chi connectivity index (χ1n) is 11.4. The van der Waals surface area contributed by atoms with Crippen LogP contribution in [-0.4, -0.2) is 25.3 Å². The molecule has 1 aromatic heterocycles. The van der Waals surface area contributed by atoms with Crippen LogP contribution in [0.2, 0.25) is 0 Å². The molecule has 2 aromatic carbocycles. The molecular formula is C26H28N2O4S. The van der Waals surface area contributed by atoms with E-state index in [0.29, 0.717) is 23.9 Å². The fourth-order valence-electron chi connectivity index (χ4n) is 4.14. The number of carbonyl (C=O) groups excluding carboxylic acids is 1. The van der Waals surface area contributed by atoms with E-state index >= 15 is 0 Å². The van der Waals surface area contributed by atoms with Crippen LogP contribution in [0.25, 0.3) is 0 Å². The van der Waals surface area contributed by atoms with Crippen LogP contribution >= 0.6 is 0 Å². The highest BCUT2D eigenvalue weighted by atomic mass is 32.2. The Hall–Kier alpha value is -2.90. The molecule has 6 nitrogen and oxygen atoms in total. The highest BCUT2D eigenvalue weighted by Crippen LogP contribution is 2.47. The minimum Gasteiger partial charge on any atom is -0.464 e. The second-order valence-electron chi connectivity index (χ2n) is 9.13. The monoisotopic (exact) mass is 464 g/mol. The van der Waals surface area contributed by atoms with Crippen LogP contribution in [0.4, 0.5) is 0 Å². The number of benzene rings is 2. The van der Waals surface area contributed by atoms with Gasteiger partial charge in [-0.15, -0.1) is 0 Å². The molecule has 0 saturated heterocycles. The summed E-state index contributed by atoms with van der Waals surface area (Å²) in [5, 5.41) is 0. The summed E-state index contributed by atoms with van der Waals surface area (Å²) < 4.78 is 34.3. The number of hydrogen-bond acceptors (Lipinski definition) is 4. The van der Waals surface area contributed by atoms with Crippen LogP contribution < -0.4 is 4.72 Å². The van der Waals surface area contributed by atoms with Crippen LogP contribution in [0.5, 0.6) is 0 Å². The van der Waals surface area contributed by atoms with E-state index in [2.05, 4.69) is 11.6 Å². The maximum atomic E-state index is 13.4. The Morgan fingerprint density at radius 1 is 1.06 bits per heavy atom. The third-order valence-electron chi connectivity index (χ3n) is 6.43. The summed E-state index contributed by atoms with van der Waals surface area (Å²) >= 11 is 0. The molecule has 3 aromatic rings. The Morgan fingerprint density at radius 3 is 2.52 bits per heavy atom. The smallest absolute Gasteiger partial charge is 0.254 e. The number of furan rings is 1. The van der Waals surface area contributed by atoms with Crippen LogP contribution in [0.3, 0.4) is 0 Å². The standard InChI is InChI=1S/C26H28N2O4S/c1-18-14-24(18)25-13-12-22(32-25)17-28(21-10-11-21)26(29)20-8-5-9-23(15-20)33(30,31)27-16-19-6-3-2-4-7-19/h2-9,12-13,15,18,21,24,27H,10-11,14,16-17H2,1H3. The quantitative estimate of drug-likeness (QED) is 0.498. The van der Waals surface area contributed by atoms with Crippen LogP contribution in [0, 0.1) is 5.92 Å². The zero-order valence-electron chi connectivity index (χ0n) is 18.6. The third kappa shape index (κ3) is 5.04.